The number of allylic oxidation sites excluding steroid dienone is 2. The number of cyclic esters (lactones) is 1. The van der Waals surface area contributed by atoms with Gasteiger partial charge in [-0.05, 0) is 69.5 Å². The number of amides is 2. The second-order valence-electron chi connectivity index (χ2n) is 11.3. The zero-order chi connectivity index (χ0) is 31.9. The van der Waals surface area contributed by atoms with Crippen LogP contribution in [-0.2, 0) is 22.6 Å². The first-order chi connectivity index (χ1) is 21.8. The Morgan fingerprint density at radius 2 is 1.80 bits per heavy atom. The molecule has 45 heavy (non-hydrogen) atoms. The maximum Gasteiger partial charge on any atom is 0.341 e. The van der Waals surface area contributed by atoms with E-state index in [1.807, 2.05) is 92.3 Å². The van der Waals surface area contributed by atoms with Gasteiger partial charge in [0.05, 0.1) is 35.7 Å². The summed E-state index contributed by atoms with van der Waals surface area (Å²) in [6, 6.07) is 18.1. The zero-order valence-electron chi connectivity index (χ0n) is 25.9. The smallest absolute Gasteiger partial charge is 0.341 e. The van der Waals surface area contributed by atoms with Gasteiger partial charge in [-0.3, -0.25) is 14.6 Å². The maximum atomic E-state index is 14.1. The molecule has 0 radical (unpaired) electrons. The van der Waals surface area contributed by atoms with Crippen molar-refractivity contribution in [1.29, 1.82) is 0 Å². The molecule has 0 saturated carbocycles. The number of rotatable bonds is 12. The third-order valence-electron chi connectivity index (χ3n) is 8.33. The predicted molar refractivity (Wildman–Crippen MR) is 178 cm³/mol. The van der Waals surface area contributed by atoms with E-state index in [2.05, 4.69) is 10.2 Å². The average Bonchev–Trinajstić information content (AvgIpc) is 3.71. The highest BCUT2D eigenvalue weighted by Crippen LogP contribution is 2.42. The molecule has 5 rings (SSSR count). The quantitative estimate of drug-likeness (QED) is 0.163. The number of methoxy groups -OCH3 is 1. The molecule has 2 aliphatic rings. The highest BCUT2D eigenvalue weighted by molar-refractivity contribution is 7.99. The number of urea groups is 1. The van der Waals surface area contributed by atoms with Crippen LogP contribution in [0.15, 0.2) is 72.3 Å². The summed E-state index contributed by atoms with van der Waals surface area (Å²) in [6.07, 6.45) is 3.26. The predicted octanol–water partition coefficient (Wildman–Crippen LogP) is 7.02. The van der Waals surface area contributed by atoms with E-state index >= 15 is 0 Å². The summed E-state index contributed by atoms with van der Waals surface area (Å²) in [6.45, 7) is 5.64. The Bertz CT molecular complexity index is 1530. The number of thioether (sulfide) groups is 1. The van der Waals surface area contributed by atoms with Crippen molar-refractivity contribution in [2.75, 3.05) is 42.0 Å². The number of carboxylic acids is 1. The Kier molecular flexibility index (Phi) is 10.5. The largest absolute Gasteiger partial charge is 0.496 e. The Morgan fingerprint density at radius 3 is 2.38 bits per heavy atom. The Hall–Kier alpha value is -4.28. The lowest BCUT2D eigenvalue weighted by atomic mass is 9.92. The minimum atomic E-state index is -0.807. The number of para-hydroxylation sites is 2. The molecular weight excluding hydrogens is 590 g/mol. The average molecular weight is 630 g/mol. The lowest BCUT2D eigenvalue weighted by molar-refractivity contribution is -0.142. The number of hydrogen-bond donors (Lipinski definition) is 2. The summed E-state index contributed by atoms with van der Waals surface area (Å²) in [5, 5.41) is 13.0. The normalized spacial score (nSPS) is 15.4. The molecule has 2 amide bonds. The summed E-state index contributed by atoms with van der Waals surface area (Å²) in [4.78, 5) is 43.2. The number of carboxylic acid groups (broad SMARTS) is 1. The Labute approximate surface area is 268 Å². The van der Waals surface area contributed by atoms with Crippen molar-refractivity contribution in [2.24, 2.45) is 5.92 Å². The number of esters is 1. The summed E-state index contributed by atoms with van der Waals surface area (Å²) in [5.74, 6) is 0.762. The molecule has 2 heterocycles. The molecule has 3 aromatic rings. The van der Waals surface area contributed by atoms with E-state index in [1.54, 1.807) is 12.0 Å². The first kappa shape index (κ1) is 32.1. The molecule has 1 fully saturated rings. The Morgan fingerprint density at radius 1 is 1.13 bits per heavy atom. The fourth-order valence-electron chi connectivity index (χ4n) is 5.92. The van der Waals surface area contributed by atoms with E-state index in [9.17, 15) is 19.5 Å². The zero-order valence-corrected chi connectivity index (χ0v) is 26.7. The molecule has 236 valence electrons. The molecular formula is C35H39N3O6S. The third-order valence-corrected chi connectivity index (χ3v) is 9.35. The molecule has 10 heteroatoms. The first-order valence-corrected chi connectivity index (χ1v) is 16.2. The number of nitrogens with one attached hydrogen (secondary N) is 1. The van der Waals surface area contributed by atoms with Crippen molar-refractivity contribution in [3.8, 4) is 5.75 Å². The van der Waals surface area contributed by atoms with E-state index < -0.39 is 23.9 Å². The fraction of sp³-hybridized carbons (Fsp3) is 0.343. The van der Waals surface area contributed by atoms with Crippen LogP contribution in [0.3, 0.4) is 0 Å². The fourth-order valence-corrected chi connectivity index (χ4v) is 6.95. The number of hydrogen-bond acceptors (Lipinski definition) is 7. The van der Waals surface area contributed by atoms with Gasteiger partial charge in [0.25, 0.3) is 0 Å². The lowest BCUT2D eigenvalue weighted by Crippen LogP contribution is -2.32. The molecule has 1 unspecified atom stereocenters. The molecule has 3 aromatic carbocycles. The van der Waals surface area contributed by atoms with Gasteiger partial charge in [0.15, 0.2) is 0 Å². The Balaban J connectivity index is 1.48. The highest BCUT2D eigenvalue weighted by Gasteiger charge is 2.34. The van der Waals surface area contributed by atoms with Gasteiger partial charge < -0.3 is 19.9 Å². The monoisotopic (exact) mass is 629 g/mol. The number of ether oxygens (including phenoxy) is 2. The number of aliphatic carboxylic acids is 1. The maximum absolute atomic E-state index is 14.1. The van der Waals surface area contributed by atoms with Crippen LogP contribution in [0.2, 0.25) is 0 Å². The summed E-state index contributed by atoms with van der Waals surface area (Å²) in [5.41, 5.74) is 4.95. The van der Waals surface area contributed by atoms with Crippen LogP contribution >= 0.6 is 11.8 Å². The lowest BCUT2D eigenvalue weighted by Gasteiger charge is -2.26. The van der Waals surface area contributed by atoms with E-state index in [1.165, 1.54) is 0 Å². The third kappa shape index (κ3) is 7.34. The number of anilines is 3. The number of carbonyl (C=O) groups excluding carboxylic acids is 2. The van der Waals surface area contributed by atoms with Crippen molar-refractivity contribution in [3.05, 3.63) is 94.6 Å². The van der Waals surface area contributed by atoms with Gasteiger partial charge in [0, 0.05) is 29.3 Å². The molecule has 0 aromatic heterocycles. The van der Waals surface area contributed by atoms with E-state index in [0.29, 0.717) is 58.8 Å². The van der Waals surface area contributed by atoms with Gasteiger partial charge in [0.2, 0.25) is 0 Å². The van der Waals surface area contributed by atoms with Crippen LogP contribution in [0.5, 0.6) is 5.75 Å². The minimum absolute atomic E-state index is 0.0886. The molecule has 0 spiro atoms. The number of nitrogens with zero attached hydrogens (tertiary/aromatic N) is 2. The number of benzene rings is 3. The summed E-state index contributed by atoms with van der Waals surface area (Å²) < 4.78 is 11.3. The summed E-state index contributed by atoms with van der Waals surface area (Å²) in [7, 11) is 1.56. The van der Waals surface area contributed by atoms with Gasteiger partial charge in [-0.2, -0.15) is 0 Å². The van der Waals surface area contributed by atoms with Crippen molar-refractivity contribution in [3.63, 3.8) is 0 Å². The molecule has 2 N–H and O–H groups in total. The van der Waals surface area contributed by atoms with E-state index in [4.69, 9.17) is 9.47 Å². The van der Waals surface area contributed by atoms with Crippen LogP contribution < -0.4 is 15.0 Å². The molecule has 0 aliphatic carbocycles. The van der Waals surface area contributed by atoms with Crippen LogP contribution in [0.25, 0.3) is 0 Å². The molecule has 2 aliphatic heterocycles. The van der Waals surface area contributed by atoms with Crippen molar-refractivity contribution >= 4 is 46.8 Å². The SMILES string of the molecule is COc1c(C)c2c(c(NC(=O)N(c3ccccc3)c3ccccc3)c1C/C=C(\C)CC(CCN1CCSC1)C(=O)O)C(=O)OC2. The van der Waals surface area contributed by atoms with Gasteiger partial charge in [0.1, 0.15) is 12.4 Å². The van der Waals surface area contributed by atoms with E-state index in [0.717, 1.165) is 35.9 Å². The molecule has 1 saturated heterocycles. The van der Waals surface area contributed by atoms with Crippen LogP contribution in [0.4, 0.5) is 21.9 Å². The van der Waals surface area contributed by atoms with Gasteiger partial charge in [-0.1, -0.05) is 48.0 Å². The van der Waals surface area contributed by atoms with Crippen molar-refractivity contribution in [1.82, 2.24) is 4.90 Å². The number of carbonyl (C=O) groups is 3. The molecule has 1 atom stereocenters. The van der Waals surface area contributed by atoms with E-state index in [-0.39, 0.29) is 6.61 Å². The number of fused-ring (bicyclic) bond motifs is 1. The molecule has 0 bridgehead atoms. The van der Waals surface area contributed by atoms with Crippen molar-refractivity contribution in [2.45, 2.75) is 39.7 Å². The topological polar surface area (TPSA) is 108 Å². The second kappa shape index (κ2) is 14.7. The van der Waals surface area contributed by atoms with Gasteiger partial charge in [-0.25, -0.2) is 9.59 Å². The van der Waals surface area contributed by atoms with Crippen molar-refractivity contribution < 1.29 is 29.0 Å². The molecule has 9 nitrogen and oxygen atoms in total. The second-order valence-corrected chi connectivity index (χ2v) is 12.4. The summed E-state index contributed by atoms with van der Waals surface area (Å²) >= 11 is 1.87. The first-order valence-electron chi connectivity index (χ1n) is 15.1. The van der Waals surface area contributed by atoms with Crippen LogP contribution in [0, 0.1) is 12.8 Å². The standard InChI is InChI=1S/C35H39N3O6S/c1-23(20-25(33(39)40)16-17-37-18-19-45-22-37)14-15-28-31(30-29(21-44-34(30)41)24(2)32(28)43-3)36-35(42)38(26-10-6-4-7-11-26)27-12-8-5-9-13-27/h4-14,25H,15-22H2,1-3H3,(H,36,42)(H,39,40)/b23-14+. The minimum Gasteiger partial charge on any atom is -0.496 e. The van der Waals surface area contributed by atoms with Gasteiger partial charge in [-0.15, -0.1) is 11.8 Å². The highest BCUT2D eigenvalue weighted by atomic mass is 32.2. The van der Waals surface area contributed by atoms with Gasteiger partial charge >= 0.3 is 18.0 Å². The van der Waals surface area contributed by atoms with Crippen LogP contribution in [0.1, 0.15) is 46.8 Å². The van der Waals surface area contributed by atoms with Crippen LogP contribution in [-0.4, -0.2) is 59.8 Å².